The summed E-state index contributed by atoms with van der Waals surface area (Å²) in [6.45, 7) is 0. The molecule has 0 aromatic carbocycles. The number of hydrogen-bond acceptors (Lipinski definition) is 6. The van der Waals surface area contributed by atoms with Crippen LogP contribution in [0.1, 0.15) is 0 Å². The highest BCUT2D eigenvalue weighted by Gasteiger charge is 2.48. The minimum Gasteiger partial charge on any atom is -0.466 e. The molecule has 1 aliphatic heterocycles. The molecule has 0 unspecified atom stereocenters. The highest BCUT2D eigenvalue weighted by Crippen LogP contribution is 2.22. The molecular formula is C7H8N2O4. The summed E-state index contributed by atoms with van der Waals surface area (Å²) < 4.78 is 8.83. The van der Waals surface area contributed by atoms with E-state index in [1.807, 2.05) is 0 Å². The van der Waals surface area contributed by atoms with Crippen LogP contribution in [-0.4, -0.2) is 31.7 Å². The molecule has 0 amide bonds. The molecule has 13 heavy (non-hydrogen) atoms. The van der Waals surface area contributed by atoms with Gasteiger partial charge in [0.15, 0.2) is 0 Å². The first-order valence-corrected chi connectivity index (χ1v) is 3.44. The van der Waals surface area contributed by atoms with E-state index in [9.17, 15) is 9.59 Å². The van der Waals surface area contributed by atoms with Gasteiger partial charge in [-0.3, -0.25) is 0 Å². The molecule has 0 N–H and O–H groups in total. The van der Waals surface area contributed by atoms with E-state index in [4.69, 9.17) is 0 Å². The average molecular weight is 184 g/mol. The number of hydrogen-bond donors (Lipinski definition) is 0. The number of esters is 2. The smallest absolute Gasteiger partial charge is 0.351 e. The average Bonchev–Trinajstić information content (AvgIpc) is 2.65. The van der Waals surface area contributed by atoms with E-state index in [1.54, 1.807) is 0 Å². The van der Waals surface area contributed by atoms with Crippen LogP contribution in [0.25, 0.3) is 0 Å². The molecular weight excluding hydrogens is 176 g/mol. The molecule has 0 saturated carbocycles. The zero-order valence-corrected chi connectivity index (χ0v) is 7.18. The van der Waals surface area contributed by atoms with Crippen molar-refractivity contribution in [2.75, 3.05) is 14.2 Å². The summed E-state index contributed by atoms with van der Waals surface area (Å²) >= 11 is 0. The first-order chi connectivity index (χ1) is 6.17. The van der Waals surface area contributed by atoms with Crippen LogP contribution in [0.5, 0.6) is 0 Å². The molecule has 0 aromatic heterocycles. The van der Waals surface area contributed by atoms with Gasteiger partial charge in [-0.15, -0.1) is 0 Å². The third-order valence-corrected chi connectivity index (χ3v) is 1.59. The van der Waals surface area contributed by atoms with E-state index < -0.39 is 17.5 Å². The van der Waals surface area contributed by atoms with Crippen molar-refractivity contribution in [3.05, 3.63) is 12.3 Å². The highest BCUT2D eigenvalue weighted by molar-refractivity contribution is 6.07. The number of ether oxygens (including phenoxy) is 2. The normalized spacial score (nSPS) is 17.1. The summed E-state index contributed by atoms with van der Waals surface area (Å²) in [5.41, 5.74) is -1.73. The standard InChI is InChI=1S/C7H8N2O4/c1-12-5(10)7(6(11)13-2)3-4-8-9-7/h3-4H,1-2H3. The Hall–Kier alpha value is -1.72. The zero-order chi connectivity index (χ0) is 9.90. The SMILES string of the molecule is COC(=O)C1(C(=O)OC)C=CN=N1. The Morgan fingerprint density at radius 1 is 1.23 bits per heavy atom. The van der Waals surface area contributed by atoms with Gasteiger partial charge in [0.05, 0.1) is 14.2 Å². The molecule has 0 bridgehead atoms. The third kappa shape index (κ3) is 1.30. The van der Waals surface area contributed by atoms with E-state index in [2.05, 4.69) is 19.7 Å². The lowest BCUT2D eigenvalue weighted by atomic mass is 10.0. The molecule has 0 aromatic rings. The number of methoxy groups -OCH3 is 2. The van der Waals surface area contributed by atoms with E-state index >= 15 is 0 Å². The first kappa shape index (κ1) is 9.37. The largest absolute Gasteiger partial charge is 0.466 e. The van der Waals surface area contributed by atoms with Crippen molar-refractivity contribution in [1.82, 2.24) is 0 Å². The fourth-order valence-electron chi connectivity index (χ4n) is 0.911. The summed E-state index contributed by atoms with van der Waals surface area (Å²) in [6.07, 6.45) is 2.47. The maximum atomic E-state index is 11.2. The van der Waals surface area contributed by atoms with Gasteiger partial charge in [0.2, 0.25) is 0 Å². The second-order valence-electron chi connectivity index (χ2n) is 2.28. The predicted molar refractivity (Wildman–Crippen MR) is 40.8 cm³/mol. The van der Waals surface area contributed by atoms with Crippen LogP contribution in [0.3, 0.4) is 0 Å². The molecule has 0 radical (unpaired) electrons. The number of carbonyl (C=O) groups excluding carboxylic acids is 2. The molecule has 0 fully saturated rings. The second-order valence-corrected chi connectivity index (χ2v) is 2.28. The van der Waals surface area contributed by atoms with Gasteiger partial charge < -0.3 is 9.47 Å². The van der Waals surface area contributed by atoms with E-state index in [-0.39, 0.29) is 0 Å². The Balaban J connectivity index is 3.02. The van der Waals surface area contributed by atoms with Crippen molar-refractivity contribution in [2.24, 2.45) is 10.2 Å². The van der Waals surface area contributed by atoms with Crippen LogP contribution in [0.4, 0.5) is 0 Å². The fraction of sp³-hybridized carbons (Fsp3) is 0.429. The summed E-state index contributed by atoms with van der Waals surface area (Å²) in [4.78, 5) is 22.4. The lowest BCUT2D eigenvalue weighted by molar-refractivity contribution is -0.158. The number of nitrogens with zero attached hydrogens (tertiary/aromatic N) is 2. The van der Waals surface area contributed by atoms with Crippen LogP contribution < -0.4 is 0 Å². The van der Waals surface area contributed by atoms with Crippen LogP contribution in [0.2, 0.25) is 0 Å². The molecule has 0 spiro atoms. The van der Waals surface area contributed by atoms with Crippen molar-refractivity contribution in [3.63, 3.8) is 0 Å². The third-order valence-electron chi connectivity index (χ3n) is 1.59. The fourth-order valence-corrected chi connectivity index (χ4v) is 0.911. The van der Waals surface area contributed by atoms with Crippen molar-refractivity contribution in [1.29, 1.82) is 0 Å². The van der Waals surface area contributed by atoms with Crippen LogP contribution >= 0.6 is 0 Å². The summed E-state index contributed by atoms with van der Waals surface area (Å²) in [7, 11) is 2.32. The number of carbonyl (C=O) groups is 2. The van der Waals surface area contributed by atoms with E-state index in [1.165, 1.54) is 12.3 Å². The highest BCUT2D eigenvalue weighted by atomic mass is 16.5. The van der Waals surface area contributed by atoms with E-state index in [0.717, 1.165) is 14.2 Å². The van der Waals surface area contributed by atoms with Crippen molar-refractivity contribution >= 4 is 11.9 Å². The Bertz CT molecular complexity index is 265. The number of azo groups is 1. The maximum absolute atomic E-state index is 11.2. The lowest BCUT2D eigenvalue weighted by Gasteiger charge is -2.15. The van der Waals surface area contributed by atoms with Gasteiger partial charge in [0, 0.05) is 6.20 Å². The molecule has 0 atom stereocenters. The van der Waals surface area contributed by atoms with Gasteiger partial charge in [-0.2, -0.15) is 10.2 Å². The van der Waals surface area contributed by atoms with Crippen LogP contribution in [-0.2, 0) is 19.1 Å². The summed E-state index contributed by atoms with van der Waals surface area (Å²) in [5.74, 6) is -1.62. The second kappa shape index (κ2) is 3.34. The summed E-state index contributed by atoms with van der Waals surface area (Å²) in [5, 5.41) is 6.89. The molecule has 1 heterocycles. The molecule has 0 saturated heterocycles. The van der Waals surface area contributed by atoms with Crippen LogP contribution in [0.15, 0.2) is 22.5 Å². The van der Waals surface area contributed by atoms with Gasteiger partial charge in [-0.05, 0) is 6.08 Å². The van der Waals surface area contributed by atoms with Gasteiger partial charge in [-0.25, -0.2) is 9.59 Å². The Morgan fingerprint density at radius 2 is 1.77 bits per heavy atom. The van der Waals surface area contributed by atoms with Gasteiger partial charge in [0.25, 0.3) is 5.54 Å². The molecule has 1 aliphatic rings. The minimum absolute atomic E-state index is 0.808. The van der Waals surface area contributed by atoms with E-state index in [0.29, 0.717) is 0 Å². The molecule has 6 heteroatoms. The predicted octanol–water partition coefficient (Wildman–Crippen LogP) is 0.0507. The van der Waals surface area contributed by atoms with Crippen LogP contribution in [0, 0.1) is 0 Å². The summed E-state index contributed by atoms with van der Waals surface area (Å²) in [6, 6.07) is 0. The monoisotopic (exact) mass is 184 g/mol. The number of rotatable bonds is 2. The Labute approximate surface area is 74.2 Å². The molecule has 70 valence electrons. The minimum atomic E-state index is -1.73. The topological polar surface area (TPSA) is 77.3 Å². The van der Waals surface area contributed by atoms with Crippen molar-refractivity contribution in [2.45, 2.75) is 5.54 Å². The zero-order valence-electron chi connectivity index (χ0n) is 7.18. The van der Waals surface area contributed by atoms with Crippen molar-refractivity contribution in [3.8, 4) is 0 Å². The molecule has 6 nitrogen and oxygen atoms in total. The maximum Gasteiger partial charge on any atom is 0.351 e. The first-order valence-electron chi connectivity index (χ1n) is 3.44. The van der Waals surface area contributed by atoms with Gasteiger partial charge in [0.1, 0.15) is 0 Å². The Kier molecular flexibility index (Phi) is 2.41. The van der Waals surface area contributed by atoms with Gasteiger partial charge >= 0.3 is 11.9 Å². The van der Waals surface area contributed by atoms with Gasteiger partial charge in [-0.1, -0.05) is 0 Å². The molecule has 0 aliphatic carbocycles. The van der Waals surface area contributed by atoms with Crippen molar-refractivity contribution < 1.29 is 19.1 Å². The molecule has 1 rings (SSSR count). The quantitative estimate of drug-likeness (QED) is 0.448. The lowest BCUT2D eigenvalue weighted by Crippen LogP contribution is -2.43. The Morgan fingerprint density at radius 3 is 2.08 bits per heavy atom.